The first kappa shape index (κ1) is 19.9. The summed E-state index contributed by atoms with van der Waals surface area (Å²) >= 11 is 0. The first-order valence-electron chi connectivity index (χ1n) is 9.68. The van der Waals surface area contributed by atoms with Crippen LogP contribution in [-0.4, -0.2) is 41.5 Å². The Morgan fingerprint density at radius 2 is 1.71 bits per heavy atom. The van der Waals surface area contributed by atoms with Gasteiger partial charge in [-0.3, -0.25) is 14.5 Å². The number of phenolic OH excluding ortho intramolecular Hbond substituents is 1. The van der Waals surface area contributed by atoms with Crippen molar-refractivity contribution in [1.82, 2.24) is 10.2 Å². The first-order chi connectivity index (χ1) is 13.5. The molecular weight excluding hydrogens is 354 g/mol. The van der Waals surface area contributed by atoms with Gasteiger partial charge in [-0.1, -0.05) is 42.5 Å². The molecule has 1 aliphatic heterocycles. The van der Waals surface area contributed by atoms with Crippen LogP contribution >= 0.6 is 0 Å². The van der Waals surface area contributed by atoms with Crippen molar-refractivity contribution < 1.29 is 14.7 Å². The molecule has 0 unspecified atom stereocenters. The normalized spacial score (nSPS) is 16.3. The number of likely N-dealkylation sites (tertiary alicyclic amines) is 1. The number of rotatable bonds is 6. The molecule has 28 heavy (non-hydrogen) atoms. The fourth-order valence-electron chi connectivity index (χ4n) is 3.48. The predicted octanol–water partition coefficient (Wildman–Crippen LogP) is 2.92. The Morgan fingerprint density at radius 3 is 2.39 bits per heavy atom. The number of anilines is 1. The fourth-order valence-corrected chi connectivity index (χ4v) is 3.48. The van der Waals surface area contributed by atoms with Gasteiger partial charge in [0.25, 0.3) is 0 Å². The molecule has 0 radical (unpaired) electrons. The number of nitrogens with one attached hydrogen (secondary N) is 2. The number of benzene rings is 2. The summed E-state index contributed by atoms with van der Waals surface area (Å²) in [5.41, 5.74) is 1.51. The topological polar surface area (TPSA) is 81.7 Å². The maximum absolute atomic E-state index is 12.4. The van der Waals surface area contributed by atoms with E-state index in [9.17, 15) is 14.7 Å². The number of hydrogen-bond donors (Lipinski definition) is 3. The van der Waals surface area contributed by atoms with Crippen LogP contribution in [-0.2, 0) is 9.59 Å². The van der Waals surface area contributed by atoms with Crippen LogP contribution in [0.25, 0.3) is 0 Å². The number of phenols is 1. The van der Waals surface area contributed by atoms with Crippen molar-refractivity contribution in [2.24, 2.45) is 5.92 Å². The van der Waals surface area contributed by atoms with Crippen LogP contribution in [0.15, 0.2) is 54.6 Å². The lowest BCUT2D eigenvalue weighted by molar-refractivity contribution is -0.124. The van der Waals surface area contributed by atoms with Crippen molar-refractivity contribution in [3.05, 3.63) is 60.2 Å². The van der Waals surface area contributed by atoms with Gasteiger partial charge >= 0.3 is 0 Å². The van der Waals surface area contributed by atoms with Crippen molar-refractivity contribution in [3.8, 4) is 5.75 Å². The second kappa shape index (κ2) is 9.37. The maximum Gasteiger partial charge on any atom is 0.234 e. The fraction of sp³-hybridized carbons (Fsp3) is 0.364. The molecule has 148 valence electrons. The molecule has 1 saturated heterocycles. The molecule has 0 aromatic heterocycles. The molecule has 1 aliphatic rings. The van der Waals surface area contributed by atoms with Crippen molar-refractivity contribution in [2.75, 3.05) is 25.0 Å². The van der Waals surface area contributed by atoms with Crippen LogP contribution < -0.4 is 10.6 Å². The molecular formula is C22H27N3O3. The zero-order valence-electron chi connectivity index (χ0n) is 16.1. The van der Waals surface area contributed by atoms with E-state index >= 15 is 0 Å². The number of piperidine rings is 1. The molecule has 0 saturated carbocycles. The molecule has 2 aromatic rings. The summed E-state index contributed by atoms with van der Waals surface area (Å²) in [6.45, 7) is 3.71. The lowest BCUT2D eigenvalue weighted by atomic mass is 9.95. The highest BCUT2D eigenvalue weighted by Crippen LogP contribution is 2.24. The van der Waals surface area contributed by atoms with Crippen molar-refractivity contribution in [2.45, 2.75) is 25.8 Å². The Bertz CT molecular complexity index is 802. The molecule has 0 spiro atoms. The average molecular weight is 381 g/mol. The molecule has 1 heterocycles. The Morgan fingerprint density at radius 1 is 1.07 bits per heavy atom. The first-order valence-corrected chi connectivity index (χ1v) is 9.68. The number of hydrogen-bond acceptors (Lipinski definition) is 4. The SMILES string of the molecule is C[C@H](NC(=O)CN1CCC(C(=O)Nc2ccccc2O)CC1)c1ccccc1. The largest absolute Gasteiger partial charge is 0.506 e. The minimum atomic E-state index is -0.109. The summed E-state index contributed by atoms with van der Waals surface area (Å²) in [4.78, 5) is 26.8. The molecule has 1 fully saturated rings. The number of carbonyl (C=O) groups excluding carboxylic acids is 2. The van der Waals surface area contributed by atoms with E-state index in [1.807, 2.05) is 37.3 Å². The number of carbonyl (C=O) groups is 2. The minimum Gasteiger partial charge on any atom is -0.506 e. The van der Waals surface area contributed by atoms with Crippen molar-refractivity contribution >= 4 is 17.5 Å². The summed E-state index contributed by atoms with van der Waals surface area (Å²) in [6.07, 6.45) is 1.39. The highest BCUT2D eigenvalue weighted by atomic mass is 16.3. The van der Waals surface area contributed by atoms with Crippen molar-refractivity contribution in [3.63, 3.8) is 0 Å². The molecule has 1 atom stereocenters. The maximum atomic E-state index is 12.4. The van der Waals surface area contributed by atoms with Gasteiger partial charge in [-0.15, -0.1) is 0 Å². The third kappa shape index (κ3) is 5.33. The van der Waals surface area contributed by atoms with Gasteiger partial charge in [-0.25, -0.2) is 0 Å². The molecule has 0 bridgehead atoms. The van der Waals surface area contributed by atoms with E-state index in [1.54, 1.807) is 24.3 Å². The van der Waals surface area contributed by atoms with Crippen LogP contribution in [0, 0.1) is 5.92 Å². The summed E-state index contributed by atoms with van der Waals surface area (Å²) in [7, 11) is 0. The van der Waals surface area contributed by atoms with Gasteiger partial charge in [0.05, 0.1) is 18.3 Å². The minimum absolute atomic E-state index is 0.00605. The number of amides is 2. The van der Waals surface area contributed by atoms with Crippen LogP contribution in [0.1, 0.15) is 31.4 Å². The van der Waals surface area contributed by atoms with E-state index in [1.165, 1.54) is 0 Å². The van der Waals surface area contributed by atoms with E-state index in [0.29, 0.717) is 38.2 Å². The van der Waals surface area contributed by atoms with Gasteiger partial charge in [0.15, 0.2) is 0 Å². The van der Waals surface area contributed by atoms with Crippen molar-refractivity contribution in [1.29, 1.82) is 0 Å². The lowest BCUT2D eigenvalue weighted by Crippen LogP contribution is -2.43. The smallest absolute Gasteiger partial charge is 0.234 e. The van der Waals surface area contributed by atoms with Gasteiger partial charge < -0.3 is 15.7 Å². The number of aromatic hydroxyl groups is 1. The van der Waals surface area contributed by atoms with Crippen LogP contribution in [0.5, 0.6) is 5.75 Å². The van der Waals surface area contributed by atoms with Crippen LogP contribution in [0.3, 0.4) is 0 Å². The predicted molar refractivity (Wildman–Crippen MR) is 109 cm³/mol. The molecule has 3 N–H and O–H groups in total. The Labute approximate surface area is 165 Å². The molecule has 3 rings (SSSR count). The second-order valence-corrected chi connectivity index (χ2v) is 7.26. The number of nitrogens with zero attached hydrogens (tertiary/aromatic N) is 1. The van der Waals surface area contributed by atoms with E-state index in [4.69, 9.17) is 0 Å². The molecule has 6 heteroatoms. The zero-order valence-corrected chi connectivity index (χ0v) is 16.1. The second-order valence-electron chi connectivity index (χ2n) is 7.26. The average Bonchev–Trinajstić information content (AvgIpc) is 2.71. The zero-order chi connectivity index (χ0) is 19.9. The van der Waals surface area contributed by atoms with Gasteiger partial charge in [0, 0.05) is 5.92 Å². The van der Waals surface area contributed by atoms with Crippen LogP contribution in [0.4, 0.5) is 5.69 Å². The Hall–Kier alpha value is -2.86. The van der Waals surface area contributed by atoms with Gasteiger partial charge in [-0.2, -0.15) is 0 Å². The van der Waals surface area contributed by atoms with Gasteiger partial charge in [-0.05, 0) is 50.6 Å². The monoisotopic (exact) mass is 381 g/mol. The third-order valence-electron chi connectivity index (χ3n) is 5.16. The summed E-state index contributed by atoms with van der Waals surface area (Å²) in [6, 6.07) is 16.6. The number of para-hydroxylation sites is 2. The van der Waals surface area contributed by atoms with E-state index in [0.717, 1.165) is 5.56 Å². The molecule has 2 amide bonds. The Kier molecular flexibility index (Phi) is 6.66. The van der Waals surface area contributed by atoms with E-state index in [-0.39, 0.29) is 29.5 Å². The van der Waals surface area contributed by atoms with Gasteiger partial charge in [0.1, 0.15) is 5.75 Å². The van der Waals surface area contributed by atoms with E-state index in [2.05, 4.69) is 15.5 Å². The summed E-state index contributed by atoms with van der Waals surface area (Å²) < 4.78 is 0. The van der Waals surface area contributed by atoms with Gasteiger partial charge in [0.2, 0.25) is 11.8 Å². The quantitative estimate of drug-likeness (QED) is 0.672. The summed E-state index contributed by atoms with van der Waals surface area (Å²) in [5.74, 6) is -0.128. The highest BCUT2D eigenvalue weighted by Gasteiger charge is 2.26. The highest BCUT2D eigenvalue weighted by molar-refractivity contribution is 5.93. The Balaban J connectivity index is 1.43. The standard InChI is InChI=1S/C22H27N3O3/c1-16(17-7-3-2-4-8-17)23-21(27)15-25-13-11-18(12-14-25)22(28)24-19-9-5-6-10-20(19)26/h2-10,16,18,26H,11-15H2,1H3,(H,23,27)(H,24,28)/t16-/m0/s1. The van der Waals surface area contributed by atoms with Crippen LogP contribution in [0.2, 0.25) is 0 Å². The lowest BCUT2D eigenvalue weighted by Gasteiger charge is -2.31. The summed E-state index contributed by atoms with van der Waals surface area (Å²) in [5, 5.41) is 15.6. The molecule has 6 nitrogen and oxygen atoms in total. The third-order valence-corrected chi connectivity index (χ3v) is 5.16. The molecule has 2 aromatic carbocycles. The van der Waals surface area contributed by atoms with E-state index < -0.39 is 0 Å². The molecule has 0 aliphatic carbocycles.